The first-order valence-corrected chi connectivity index (χ1v) is 8.48. The summed E-state index contributed by atoms with van der Waals surface area (Å²) in [5.74, 6) is -3.17. The molecule has 0 heterocycles. The highest BCUT2D eigenvalue weighted by atomic mass is 16.5. The lowest BCUT2D eigenvalue weighted by atomic mass is 10.2. The number of rotatable bonds is 13. The molecule has 0 aliphatic heterocycles. The van der Waals surface area contributed by atoms with Crippen molar-refractivity contribution in [1.29, 1.82) is 0 Å². The fraction of sp³-hybridized carbons (Fsp3) is 0.556. The monoisotopic (exact) mass is 406 g/mol. The van der Waals surface area contributed by atoms with Crippen molar-refractivity contribution in [2.24, 2.45) is 0 Å². The van der Waals surface area contributed by atoms with E-state index in [9.17, 15) is 19.2 Å². The average molecular weight is 406 g/mol. The van der Waals surface area contributed by atoms with Crippen LogP contribution in [0.1, 0.15) is 38.5 Å². The first-order valence-electron chi connectivity index (χ1n) is 8.48. The van der Waals surface area contributed by atoms with E-state index in [1.54, 1.807) is 0 Å². The first kappa shape index (κ1) is 30.0. The van der Waals surface area contributed by atoms with Crippen LogP contribution in [0.2, 0.25) is 0 Å². The maximum Gasteiger partial charge on any atom is 0.330 e. The van der Waals surface area contributed by atoms with Gasteiger partial charge in [0.05, 0.1) is 12.8 Å². The van der Waals surface area contributed by atoms with E-state index in [1.807, 2.05) is 0 Å². The Labute approximate surface area is 164 Å². The van der Waals surface area contributed by atoms with Gasteiger partial charge < -0.3 is 29.9 Å². The van der Waals surface area contributed by atoms with Gasteiger partial charge >= 0.3 is 23.9 Å². The van der Waals surface area contributed by atoms with Gasteiger partial charge in [0.15, 0.2) is 0 Å². The van der Waals surface area contributed by atoms with Crippen LogP contribution in [0, 0.1) is 0 Å². The summed E-state index contributed by atoms with van der Waals surface area (Å²) < 4.78 is 8.73. The van der Waals surface area contributed by atoms with Crippen LogP contribution in [-0.2, 0) is 28.7 Å². The van der Waals surface area contributed by atoms with Crippen molar-refractivity contribution >= 4 is 23.9 Å². The van der Waals surface area contributed by atoms with Crippen molar-refractivity contribution in [3.05, 3.63) is 25.3 Å². The molecule has 10 nitrogen and oxygen atoms in total. The Hall–Kier alpha value is -2.72. The molecule has 0 unspecified atom stereocenters. The van der Waals surface area contributed by atoms with Crippen LogP contribution in [0.4, 0.5) is 0 Å². The molecule has 0 spiro atoms. The summed E-state index contributed by atoms with van der Waals surface area (Å²) in [6.45, 7) is 6.65. The summed E-state index contributed by atoms with van der Waals surface area (Å²) in [6, 6.07) is 0. The molecule has 0 atom stereocenters. The molecule has 0 aromatic heterocycles. The number of carboxylic acid groups (broad SMARTS) is 2. The number of carbonyl (C=O) groups excluding carboxylic acids is 2. The second-order valence-electron chi connectivity index (χ2n) is 4.89. The Kier molecular flexibility index (Phi) is 26.0. The summed E-state index contributed by atoms with van der Waals surface area (Å²) in [5.41, 5.74) is 0. The van der Waals surface area contributed by atoms with Crippen molar-refractivity contribution in [3.63, 3.8) is 0 Å². The van der Waals surface area contributed by atoms with Crippen LogP contribution < -0.4 is 0 Å². The third kappa shape index (κ3) is 34.6. The number of carbonyl (C=O) groups is 4. The summed E-state index contributed by atoms with van der Waals surface area (Å²) in [7, 11) is 0. The SMILES string of the molecule is C=CC(=O)OCCC(=O)O.C=CC(=O)OCCC(=O)O.OCCCCCCO. The highest BCUT2D eigenvalue weighted by Crippen LogP contribution is 1.96. The molecule has 0 aromatic carbocycles. The zero-order valence-electron chi connectivity index (χ0n) is 15.9. The number of unbranched alkanes of at least 4 members (excludes halogenated alkanes) is 3. The number of ether oxygens (including phenoxy) is 2. The van der Waals surface area contributed by atoms with Crippen LogP contribution in [0.25, 0.3) is 0 Å². The molecule has 0 fully saturated rings. The lowest BCUT2D eigenvalue weighted by molar-refractivity contribution is -0.144. The molecule has 0 aromatic rings. The van der Waals surface area contributed by atoms with Gasteiger partial charge in [-0.2, -0.15) is 0 Å². The van der Waals surface area contributed by atoms with E-state index in [1.165, 1.54) is 0 Å². The maximum absolute atomic E-state index is 10.3. The van der Waals surface area contributed by atoms with Gasteiger partial charge in [-0.1, -0.05) is 26.0 Å². The molecule has 0 bridgehead atoms. The quantitative estimate of drug-likeness (QED) is 0.196. The Morgan fingerprint density at radius 2 is 1.00 bits per heavy atom. The minimum Gasteiger partial charge on any atom is -0.481 e. The molecule has 162 valence electrons. The third-order valence-electron chi connectivity index (χ3n) is 2.52. The molecule has 28 heavy (non-hydrogen) atoms. The second kappa shape index (κ2) is 24.3. The number of aliphatic hydroxyl groups excluding tert-OH is 2. The van der Waals surface area contributed by atoms with Crippen LogP contribution in [-0.4, -0.2) is 70.7 Å². The summed E-state index contributed by atoms with van der Waals surface area (Å²) in [6.07, 6.45) is 5.47. The Morgan fingerprint density at radius 3 is 1.21 bits per heavy atom. The predicted molar refractivity (Wildman–Crippen MR) is 99.5 cm³/mol. The smallest absolute Gasteiger partial charge is 0.330 e. The number of aliphatic carboxylic acids is 2. The van der Waals surface area contributed by atoms with Crippen molar-refractivity contribution in [2.45, 2.75) is 38.5 Å². The first-order chi connectivity index (χ1) is 13.2. The van der Waals surface area contributed by atoms with E-state index in [0.717, 1.165) is 37.8 Å². The van der Waals surface area contributed by atoms with Crippen molar-refractivity contribution in [3.8, 4) is 0 Å². The van der Waals surface area contributed by atoms with Crippen LogP contribution >= 0.6 is 0 Å². The maximum atomic E-state index is 10.3. The van der Waals surface area contributed by atoms with Crippen LogP contribution in [0.15, 0.2) is 25.3 Å². The lowest BCUT2D eigenvalue weighted by Crippen LogP contribution is -2.06. The van der Waals surface area contributed by atoms with Gasteiger partial charge in [0.25, 0.3) is 0 Å². The van der Waals surface area contributed by atoms with Crippen molar-refractivity contribution in [2.75, 3.05) is 26.4 Å². The molecule has 0 saturated heterocycles. The minimum absolute atomic E-state index is 0.0970. The Morgan fingerprint density at radius 1 is 0.679 bits per heavy atom. The van der Waals surface area contributed by atoms with Crippen LogP contribution in [0.3, 0.4) is 0 Å². The third-order valence-corrected chi connectivity index (χ3v) is 2.52. The average Bonchev–Trinajstić information content (AvgIpc) is 2.65. The van der Waals surface area contributed by atoms with Gasteiger partial charge in [-0.05, 0) is 12.8 Å². The molecule has 10 heteroatoms. The molecule has 0 amide bonds. The fourth-order valence-corrected chi connectivity index (χ4v) is 1.17. The van der Waals surface area contributed by atoms with Gasteiger partial charge in [0.2, 0.25) is 0 Å². The standard InChI is InChI=1S/2C6H8O4.C6H14O2/c2*1-2-6(9)10-4-3-5(7)8;7-5-3-1-2-4-6-8/h2*2H,1,3-4H2,(H,7,8);7-8H,1-6H2. The highest BCUT2D eigenvalue weighted by Gasteiger charge is 1.99. The van der Waals surface area contributed by atoms with Gasteiger partial charge in [-0.3, -0.25) is 9.59 Å². The lowest BCUT2D eigenvalue weighted by Gasteiger charge is -1.96. The highest BCUT2D eigenvalue weighted by molar-refractivity contribution is 5.81. The van der Waals surface area contributed by atoms with E-state index >= 15 is 0 Å². The van der Waals surface area contributed by atoms with E-state index in [2.05, 4.69) is 22.6 Å². The van der Waals surface area contributed by atoms with E-state index < -0.39 is 23.9 Å². The van der Waals surface area contributed by atoms with Crippen molar-refractivity contribution < 1.29 is 49.1 Å². The predicted octanol–water partition coefficient (Wildman–Crippen LogP) is 0.912. The zero-order valence-corrected chi connectivity index (χ0v) is 15.9. The number of carboxylic acids is 2. The largest absolute Gasteiger partial charge is 0.481 e. The molecular formula is C18H30O10. The molecule has 0 rings (SSSR count). The number of aliphatic hydroxyl groups is 2. The fourth-order valence-electron chi connectivity index (χ4n) is 1.17. The van der Waals surface area contributed by atoms with E-state index in [4.69, 9.17) is 20.4 Å². The molecule has 0 saturated carbocycles. The molecular weight excluding hydrogens is 376 g/mol. The second-order valence-corrected chi connectivity index (χ2v) is 4.89. The number of esters is 2. The van der Waals surface area contributed by atoms with Gasteiger partial charge in [0.1, 0.15) is 13.2 Å². The summed E-state index contributed by atoms with van der Waals surface area (Å²) >= 11 is 0. The van der Waals surface area contributed by atoms with E-state index in [0.29, 0.717) is 0 Å². The molecule has 0 radical (unpaired) electrons. The van der Waals surface area contributed by atoms with Gasteiger partial charge in [-0.15, -0.1) is 0 Å². The van der Waals surface area contributed by atoms with Crippen LogP contribution in [0.5, 0.6) is 0 Å². The van der Waals surface area contributed by atoms with Crippen molar-refractivity contribution in [1.82, 2.24) is 0 Å². The summed E-state index contributed by atoms with van der Waals surface area (Å²) in [4.78, 5) is 40.2. The number of hydrogen-bond donors (Lipinski definition) is 4. The molecule has 0 aliphatic rings. The Bertz CT molecular complexity index is 417. The zero-order chi connectivity index (χ0) is 22.2. The van der Waals surface area contributed by atoms with Gasteiger partial charge in [-0.25, -0.2) is 9.59 Å². The topological polar surface area (TPSA) is 168 Å². The molecule has 4 N–H and O–H groups in total. The molecule has 0 aliphatic carbocycles. The Balaban J connectivity index is -0.000000337. The summed E-state index contributed by atoms with van der Waals surface area (Å²) in [5, 5.41) is 32.8. The van der Waals surface area contributed by atoms with Gasteiger partial charge in [0, 0.05) is 25.4 Å². The normalized spacial score (nSPS) is 8.79. The number of hydrogen-bond acceptors (Lipinski definition) is 8. The van der Waals surface area contributed by atoms with E-state index in [-0.39, 0.29) is 39.3 Å². The minimum atomic E-state index is -0.989.